The number of aryl methyl sites for hydroxylation is 1. The predicted molar refractivity (Wildman–Crippen MR) is 57.1 cm³/mol. The van der Waals surface area contributed by atoms with Crippen LogP contribution in [0.15, 0.2) is 6.07 Å². The molecular weight excluding hydrogens is 236 g/mol. The number of hydrogen-bond acceptors (Lipinski definition) is 2. The van der Waals surface area contributed by atoms with Gasteiger partial charge in [0, 0.05) is 5.56 Å². The topological polar surface area (TPSA) is 30.2 Å². The molecular formula is C10H10ClF2N3. The Kier molecular flexibility index (Phi) is 2.80. The van der Waals surface area contributed by atoms with Crippen molar-refractivity contribution in [3.63, 3.8) is 0 Å². The SMILES string of the molecule is CCc1c(C(F)F)cc2nc(C)nn2c1Cl. The van der Waals surface area contributed by atoms with Crippen LogP contribution in [0.3, 0.4) is 0 Å². The van der Waals surface area contributed by atoms with Crippen LogP contribution in [0.25, 0.3) is 5.65 Å². The Morgan fingerprint density at radius 2 is 2.19 bits per heavy atom. The summed E-state index contributed by atoms with van der Waals surface area (Å²) in [4.78, 5) is 4.03. The Labute approximate surface area is 96.1 Å². The van der Waals surface area contributed by atoms with Crippen molar-refractivity contribution in [3.8, 4) is 0 Å². The van der Waals surface area contributed by atoms with Crippen LogP contribution in [0.4, 0.5) is 8.78 Å². The van der Waals surface area contributed by atoms with Gasteiger partial charge in [0.25, 0.3) is 6.43 Å². The van der Waals surface area contributed by atoms with Crippen molar-refractivity contribution < 1.29 is 8.78 Å². The molecule has 0 radical (unpaired) electrons. The second-order valence-corrected chi connectivity index (χ2v) is 3.81. The summed E-state index contributed by atoms with van der Waals surface area (Å²) in [6.07, 6.45) is -2.11. The summed E-state index contributed by atoms with van der Waals surface area (Å²) in [7, 11) is 0. The van der Waals surface area contributed by atoms with Gasteiger partial charge in [0.15, 0.2) is 5.65 Å². The van der Waals surface area contributed by atoms with E-state index in [2.05, 4.69) is 10.1 Å². The van der Waals surface area contributed by atoms with Crippen molar-refractivity contribution in [2.75, 3.05) is 0 Å². The Morgan fingerprint density at radius 3 is 2.75 bits per heavy atom. The minimum absolute atomic E-state index is 0.0626. The standard InChI is InChI=1S/C10H10ClF2N3/c1-3-6-7(10(12)13)4-8-14-5(2)15-16(8)9(6)11/h4,10H,3H2,1-2H3. The number of halogens is 3. The van der Waals surface area contributed by atoms with Crippen LogP contribution < -0.4 is 0 Å². The highest BCUT2D eigenvalue weighted by molar-refractivity contribution is 6.30. The van der Waals surface area contributed by atoms with Crippen molar-refractivity contribution in [1.29, 1.82) is 0 Å². The summed E-state index contributed by atoms with van der Waals surface area (Å²) < 4.78 is 27.0. The Hall–Kier alpha value is -1.23. The molecule has 2 aromatic heterocycles. The van der Waals surface area contributed by atoms with E-state index < -0.39 is 6.43 Å². The first-order chi connectivity index (χ1) is 7.54. The minimum Gasteiger partial charge on any atom is -0.212 e. The Morgan fingerprint density at radius 1 is 1.50 bits per heavy atom. The van der Waals surface area contributed by atoms with Gasteiger partial charge in [0.1, 0.15) is 11.0 Å². The maximum atomic E-state index is 12.8. The number of fused-ring (bicyclic) bond motifs is 1. The molecule has 2 heterocycles. The molecule has 3 nitrogen and oxygen atoms in total. The zero-order valence-electron chi connectivity index (χ0n) is 8.84. The number of alkyl halides is 2. The second kappa shape index (κ2) is 3.97. The van der Waals surface area contributed by atoms with Gasteiger partial charge in [-0.05, 0) is 25.0 Å². The summed E-state index contributed by atoms with van der Waals surface area (Å²) in [5.74, 6) is 0.510. The normalized spacial score (nSPS) is 11.6. The van der Waals surface area contributed by atoms with E-state index in [0.717, 1.165) is 0 Å². The molecule has 0 unspecified atom stereocenters. The molecule has 0 fully saturated rings. The molecule has 0 N–H and O–H groups in total. The lowest BCUT2D eigenvalue weighted by molar-refractivity contribution is 0.150. The fraction of sp³-hybridized carbons (Fsp3) is 0.400. The lowest BCUT2D eigenvalue weighted by Gasteiger charge is -2.09. The first-order valence-electron chi connectivity index (χ1n) is 4.87. The molecule has 2 rings (SSSR count). The molecule has 0 aliphatic rings. The van der Waals surface area contributed by atoms with E-state index in [1.54, 1.807) is 13.8 Å². The summed E-state index contributed by atoms with van der Waals surface area (Å²) in [5.41, 5.74) is 0.719. The van der Waals surface area contributed by atoms with Gasteiger partial charge in [0.05, 0.1) is 0 Å². The van der Waals surface area contributed by atoms with Crippen molar-refractivity contribution >= 4 is 17.2 Å². The third-order valence-electron chi connectivity index (χ3n) is 2.39. The number of aromatic nitrogens is 3. The van der Waals surface area contributed by atoms with Crippen molar-refractivity contribution in [2.24, 2.45) is 0 Å². The highest BCUT2D eigenvalue weighted by atomic mass is 35.5. The third-order valence-corrected chi connectivity index (χ3v) is 2.78. The molecule has 6 heteroatoms. The van der Waals surface area contributed by atoms with Crippen molar-refractivity contribution in [3.05, 3.63) is 28.2 Å². The van der Waals surface area contributed by atoms with Crippen LogP contribution in [0.2, 0.25) is 5.15 Å². The summed E-state index contributed by atoms with van der Waals surface area (Å²) in [5, 5.41) is 4.27. The number of hydrogen-bond donors (Lipinski definition) is 0. The van der Waals surface area contributed by atoms with E-state index in [0.29, 0.717) is 23.5 Å². The van der Waals surface area contributed by atoms with Gasteiger partial charge in [-0.15, -0.1) is 0 Å². The minimum atomic E-state index is -2.55. The summed E-state index contributed by atoms with van der Waals surface area (Å²) >= 11 is 6.03. The van der Waals surface area contributed by atoms with Gasteiger partial charge in [-0.25, -0.2) is 18.3 Å². The van der Waals surface area contributed by atoms with E-state index in [-0.39, 0.29) is 10.7 Å². The maximum absolute atomic E-state index is 12.8. The second-order valence-electron chi connectivity index (χ2n) is 3.45. The van der Waals surface area contributed by atoms with E-state index >= 15 is 0 Å². The average Bonchev–Trinajstić information content (AvgIpc) is 2.58. The maximum Gasteiger partial charge on any atom is 0.264 e. The van der Waals surface area contributed by atoms with Crippen LogP contribution in [0.1, 0.15) is 30.3 Å². The molecule has 0 saturated carbocycles. The third kappa shape index (κ3) is 1.65. The van der Waals surface area contributed by atoms with Crippen LogP contribution >= 0.6 is 11.6 Å². The summed E-state index contributed by atoms with van der Waals surface area (Å²) in [6.45, 7) is 3.47. The first kappa shape index (κ1) is 11.3. The van der Waals surface area contributed by atoms with Crippen LogP contribution in [-0.4, -0.2) is 14.6 Å². The molecule has 0 aliphatic carbocycles. The van der Waals surface area contributed by atoms with E-state index in [9.17, 15) is 8.78 Å². The van der Waals surface area contributed by atoms with Crippen LogP contribution in [0.5, 0.6) is 0 Å². The summed E-state index contributed by atoms with van der Waals surface area (Å²) in [6, 6.07) is 1.34. The molecule has 0 atom stereocenters. The molecule has 0 aromatic carbocycles. The van der Waals surface area contributed by atoms with Gasteiger partial charge < -0.3 is 0 Å². The highest BCUT2D eigenvalue weighted by Crippen LogP contribution is 2.29. The lowest BCUT2D eigenvalue weighted by Crippen LogP contribution is -2.01. The number of nitrogens with zero attached hydrogens (tertiary/aromatic N) is 3. The van der Waals surface area contributed by atoms with Crippen molar-refractivity contribution in [2.45, 2.75) is 26.7 Å². The predicted octanol–water partition coefficient (Wildman–Crippen LogP) is 3.19. The van der Waals surface area contributed by atoms with Crippen LogP contribution in [0, 0.1) is 6.92 Å². The zero-order valence-corrected chi connectivity index (χ0v) is 9.59. The smallest absolute Gasteiger partial charge is 0.212 e. The van der Waals surface area contributed by atoms with Gasteiger partial charge in [-0.1, -0.05) is 18.5 Å². The lowest BCUT2D eigenvalue weighted by atomic mass is 10.1. The largest absolute Gasteiger partial charge is 0.264 e. The van der Waals surface area contributed by atoms with Gasteiger partial charge >= 0.3 is 0 Å². The quantitative estimate of drug-likeness (QED) is 0.761. The van der Waals surface area contributed by atoms with Crippen molar-refractivity contribution in [1.82, 2.24) is 14.6 Å². The Balaban J connectivity index is 2.80. The van der Waals surface area contributed by atoms with E-state index in [1.165, 1.54) is 10.6 Å². The average molecular weight is 246 g/mol. The fourth-order valence-corrected chi connectivity index (χ4v) is 2.05. The van der Waals surface area contributed by atoms with E-state index in [1.807, 2.05) is 0 Å². The van der Waals surface area contributed by atoms with E-state index in [4.69, 9.17) is 11.6 Å². The van der Waals surface area contributed by atoms with Crippen LogP contribution in [-0.2, 0) is 6.42 Å². The molecule has 0 amide bonds. The number of pyridine rings is 1. The van der Waals surface area contributed by atoms with Gasteiger partial charge in [0.2, 0.25) is 0 Å². The number of rotatable bonds is 2. The fourth-order valence-electron chi connectivity index (χ4n) is 1.69. The molecule has 0 bridgehead atoms. The highest BCUT2D eigenvalue weighted by Gasteiger charge is 2.19. The molecule has 0 aliphatic heterocycles. The first-order valence-corrected chi connectivity index (χ1v) is 5.25. The molecule has 86 valence electrons. The zero-order chi connectivity index (χ0) is 11.9. The molecule has 2 aromatic rings. The van der Waals surface area contributed by atoms with Gasteiger partial charge in [-0.3, -0.25) is 0 Å². The molecule has 16 heavy (non-hydrogen) atoms. The molecule has 0 spiro atoms. The molecule has 0 saturated heterocycles. The monoisotopic (exact) mass is 245 g/mol. The Bertz CT molecular complexity index is 536. The van der Waals surface area contributed by atoms with Gasteiger partial charge in [-0.2, -0.15) is 5.10 Å².